The van der Waals surface area contributed by atoms with Crippen LogP contribution in [0.15, 0.2) is 18.2 Å². The molecule has 5 nitrogen and oxygen atoms in total. The molecule has 0 bridgehead atoms. The van der Waals surface area contributed by atoms with Crippen molar-refractivity contribution in [3.63, 3.8) is 0 Å². The number of hydrogen-bond donors (Lipinski definition) is 2. The molecule has 0 unspecified atom stereocenters. The number of fused-ring (bicyclic) bond motifs is 1. The van der Waals surface area contributed by atoms with Gasteiger partial charge in [-0.3, -0.25) is 0 Å². The Balaban J connectivity index is 1.82. The molecule has 0 radical (unpaired) electrons. The minimum absolute atomic E-state index is 0.583. The molecule has 2 heterocycles. The van der Waals surface area contributed by atoms with E-state index >= 15 is 0 Å². The summed E-state index contributed by atoms with van der Waals surface area (Å²) in [6, 6.07) is 8.80. The predicted octanol–water partition coefficient (Wildman–Crippen LogP) is 2.69. The van der Waals surface area contributed by atoms with Crippen LogP contribution in [-0.4, -0.2) is 10.2 Å². The molecule has 5 heteroatoms. The molecule has 1 aromatic carbocycles. The lowest BCUT2D eigenvalue weighted by Crippen LogP contribution is -2.10. The summed E-state index contributed by atoms with van der Waals surface area (Å²) in [5.74, 6) is 0.583. The van der Waals surface area contributed by atoms with Crippen LogP contribution in [0.2, 0.25) is 0 Å². The van der Waals surface area contributed by atoms with Crippen LogP contribution in [0.3, 0.4) is 0 Å². The molecule has 23 heavy (non-hydrogen) atoms. The Hall–Kier alpha value is -2.45. The van der Waals surface area contributed by atoms with Gasteiger partial charge in [-0.1, -0.05) is 32.0 Å². The van der Waals surface area contributed by atoms with Crippen molar-refractivity contribution < 1.29 is 0 Å². The molecule has 0 fully saturated rings. The van der Waals surface area contributed by atoms with Gasteiger partial charge in [-0.05, 0) is 35.1 Å². The van der Waals surface area contributed by atoms with E-state index < -0.39 is 0 Å². The normalized spacial score (nSPS) is 12.7. The smallest absolute Gasteiger partial charge is 0.167 e. The first-order chi connectivity index (χ1) is 11.3. The highest BCUT2D eigenvalue weighted by Crippen LogP contribution is 2.21. The molecule has 2 N–H and O–H groups in total. The van der Waals surface area contributed by atoms with Crippen molar-refractivity contribution in [1.29, 1.82) is 5.26 Å². The monoisotopic (exact) mass is 307 g/mol. The third-order valence-corrected chi connectivity index (χ3v) is 4.32. The van der Waals surface area contributed by atoms with Crippen LogP contribution >= 0.6 is 0 Å². The molecular weight excluding hydrogens is 286 g/mol. The van der Waals surface area contributed by atoms with E-state index in [4.69, 9.17) is 0 Å². The first kappa shape index (κ1) is 15.4. The average molecular weight is 307 g/mol. The van der Waals surface area contributed by atoms with Gasteiger partial charge < -0.3 is 10.6 Å². The minimum Gasteiger partial charge on any atom is -0.363 e. The van der Waals surface area contributed by atoms with Crippen molar-refractivity contribution in [2.75, 3.05) is 5.32 Å². The summed E-state index contributed by atoms with van der Waals surface area (Å²) in [6.07, 6.45) is 1.59. The van der Waals surface area contributed by atoms with Crippen molar-refractivity contribution in [2.45, 2.75) is 46.3 Å². The molecule has 0 aliphatic carbocycles. The molecule has 0 saturated heterocycles. The molecule has 3 rings (SSSR count). The van der Waals surface area contributed by atoms with Gasteiger partial charge >= 0.3 is 0 Å². The average Bonchev–Trinajstić information content (AvgIpc) is 3.06. The highest BCUT2D eigenvalue weighted by atomic mass is 15.2. The molecule has 0 atom stereocenters. The highest BCUT2D eigenvalue weighted by molar-refractivity contribution is 5.56. The van der Waals surface area contributed by atoms with Gasteiger partial charge in [0.2, 0.25) is 0 Å². The van der Waals surface area contributed by atoms with Gasteiger partial charge in [-0.2, -0.15) is 10.4 Å². The van der Waals surface area contributed by atoms with Gasteiger partial charge in [0.25, 0.3) is 0 Å². The predicted molar refractivity (Wildman–Crippen MR) is 89.8 cm³/mol. The third-order valence-electron chi connectivity index (χ3n) is 4.32. The lowest BCUT2D eigenvalue weighted by molar-refractivity contribution is 0.764. The fraction of sp³-hybridized carbons (Fsp3) is 0.389. The second-order valence-corrected chi connectivity index (χ2v) is 5.73. The van der Waals surface area contributed by atoms with E-state index in [0.29, 0.717) is 17.9 Å². The molecule has 1 aliphatic heterocycles. The number of aryl methyl sites for hydroxylation is 1. The molecule has 1 aromatic heterocycles. The van der Waals surface area contributed by atoms with Crippen LogP contribution in [0.1, 0.15) is 47.4 Å². The van der Waals surface area contributed by atoms with Gasteiger partial charge in [0.05, 0.1) is 5.69 Å². The number of nitrogens with one attached hydrogen (secondary N) is 2. The highest BCUT2D eigenvalue weighted by Gasteiger charge is 2.14. The Labute approximate surface area is 136 Å². The molecular formula is C18H21N5. The van der Waals surface area contributed by atoms with Crippen LogP contribution < -0.4 is 10.6 Å². The van der Waals surface area contributed by atoms with E-state index in [1.165, 1.54) is 16.7 Å². The Kier molecular flexibility index (Phi) is 4.54. The van der Waals surface area contributed by atoms with Gasteiger partial charge in [-0.25, -0.2) is 0 Å². The number of benzene rings is 1. The van der Waals surface area contributed by atoms with E-state index in [0.717, 1.165) is 37.2 Å². The molecule has 0 saturated carbocycles. The van der Waals surface area contributed by atoms with E-state index in [1.807, 2.05) is 13.8 Å². The minimum atomic E-state index is 0.583. The zero-order chi connectivity index (χ0) is 16.2. The fourth-order valence-electron chi connectivity index (χ4n) is 3.06. The van der Waals surface area contributed by atoms with Crippen LogP contribution in [0.25, 0.3) is 0 Å². The lowest BCUT2D eigenvalue weighted by Gasteiger charge is -2.12. The largest absolute Gasteiger partial charge is 0.363 e. The van der Waals surface area contributed by atoms with E-state index in [1.54, 1.807) is 0 Å². The fourth-order valence-corrected chi connectivity index (χ4v) is 3.06. The standard InChI is InChI=1S/C18H21N5/c1-3-15-16(8-19)18(23-22-17(15)4-2)21-9-12-5-6-13-10-20-11-14(13)7-12/h5-7,20H,3-4,9-11H2,1-2H3,(H,21,23). The zero-order valence-corrected chi connectivity index (χ0v) is 13.6. The molecule has 1 aliphatic rings. The number of rotatable bonds is 5. The van der Waals surface area contributed by atoms with Crippen molar-refractivity contribution in [1.82, 2.24) is 15.5 Å². The van der Waals surface area contributed by atoms with Gasteiger partial charge in [-0.15, -0.1) is 5.10 Å². The van der Waals surface area contributed by atoms with Crippen molar-refractivity contribution in [2.24, 2.45) is 0 Å². The SMILES string of the molecule is CCc1nnc(NCc2ccc3c(c2)CNC3)c(C#N)c1CC. The van der Waals surface area contributed by atoms with Crippen molar-refractivity contribution in [3.8, 4) is 6.07 Å². The summed E-state index contributed by atoms with van der Waals surface area (Å²) in [5.41, 5.74) is 6.46. The van der Waals surface area contributed by atoms with Gasteiger partial charge in [0.15, 0.2) is 5.82 Å². The van der Waals surface area contributed by atoms with E-state index in [9.17, 15) is 5.26 Å². The number of nitriles is 1. The zero-order valence-electron chi connectivity index (χ0n) is 13.6. The van der Waals surface area contributed by atoms with Crippen LogP contribution in [0, 0.1) is 11.3 Å². The topological polar surface area (TPSA) is 73.6 Å². The number of nitrogens with zero attached hydrogens (tertiary/aromatic N) is 3. The van der Waals surface area contributed by atoms with E-state index in [-0.39, 0.29) is 0 Å². The van der Waals surface area contributed by atoms with Gasteiger partial charge in [0.1, 0.15) is 11.6 Å². The second-order valence-electron chi connectivity index (χ2n) is 5.73. The van der Waals surface area contributed by atoms with Gasteiger partial charge in [0, 0.05) is 19.6 Å². The quantitative estimate of drug-likeness (QED) is 0.888. The summed E-state index contributed by atoms with van der Waals surface area (Å²) >= 11 is 0. The second kappa shape index (κ2) is 6.76. The van der Waals surface area contributed by atoms with Crippen molar-refractivity contribution >= 4 is 5.82 Å². The first-order valence-corrected chi connectivity index (χ1v) is 8.10. The summed E-state index contributed by atoms with van der Waals surface area (Å²) in [6.45, 7) is 6.61. The maximum atomic E-state index is 9.51. The Morgan fingerprint density at radius 1 is 1.17 bits per heavy atom. The molecule has 0 amide bonds. The van der Waals surface area contributed by atoms with Crippen LogP contribution in [-0.2, 0) is 32.5 Å². The number of hydrogen-bond acceptors (Lipinski definition) is 5. The van der Waals surface area contributed by atoms with E-state index in [2.05, 4.69) is 45.1 Å². The Bertz CT molecular complexity index is 761. The first-order valence-electron chi connectivity index (χ1n) is 8.10. The summed E-state index contributed by atoms with van der Waals surface area (Å²) in [4.78, 5) is 0. The summed E-state index contributed by atoms with van der Waals surface area (Å²) in [5, 5.41) is 24.6. The van der Waals surface area contributed by atoms with Crippen LogP contribution in [0.4, 0.5) is 5.82 Å². The summed E-state index contributed by atoms with van der Waals surface area (Å²) < 4.78 is 0. The van der Waals surface area contributed by atoms with Crippen molar-refractivity contribution in [3.05, 3.63) is 51.7 Å². The molecule has 0 spiro atoms. The maximum Gasteiger partial charge on any atom is 0.167 e. The Morgan fingerprint density at radius 2 is 2.00 bits per heavy atom. The Morgan fingerprint density at radius 3 is 2.74 bits per heavy atom. The lowest BCUT2D eigenvalue weighted by atomic mass is 10.0. The molecule has 2 aromatic rings. The number of aromatic nitrogens is 2. The third kappa shape index (κ3) is 3.03. The van der Waals surface area contributed by atoms with Crippen LogP contribution in [0.5, 0.6) is 0 Å². The number of anilines is 1. The summed E-state index contributed by atoms with van der Waals surface area (Å²) in [7, 11) is 0. The maximum absolute atomic E-state index is 9.51. The molecule has 118 valence electrons.